The SMILES string of the molecule is CCOC(=O)/C=C/c1cccc([N+](=O)[O-])c1. The Morgan fingerprint density at radius 2 is 2.31 bits per heavy atom. The maximum absolute atomic E-state index is 11.0. The van der Waals surface area contributed by atoms with E-state index >= 15 is 0 Å². The van der Waals surface area contributed by atoms with E-state index in [1.54, 1.807) is 19.1 Å². The number of non-ortho nitro benzene ring substituents is 1. The molecule has 0 saturated carbocycles. The van der Waals surface area contributed by atoms with Gasteiger partial charge in [0.2, 0.25) is 0 Å². The number of nitro benzene ring substituents is 1. The first-order valence-corrected chi connectivity index (χ1v) is 4.72. The van der Waals surface area contributed by atoms with Gasteiger partial charge in [-0.05, 0) is 18.6 Å². The lowest BCUT2D eigenvalue weighted by atomic mass is 10.2. The highest BCUT2D eigenvalue weighted by Gasteiger charge is 2.03. The number of carbonyl (C=O) groups is 1. The molecule has 84 valence electrons. The lowest BCUT2D eigenvalue weighted by Crippen LogP contribution is -1.98. The molecule has 0 bridgehead atoms. The summed E-state index contributed by atoms with van der Waals surface area (Å²) in [5.74, 6) is -0.464. The molecule has 0 aromatic heterocycles. The monoisotopic (exact) mass is 221 g/mol. The third-order valence-corrected chi connectivity index (χ3v) is 1.78. The first kappa shape index (κ1) is 11.9. The Labute approximate surface area is 92.5 Å². The highest BCUT2D eigenvalue weighted by atomic mass is 16.6. The maximum Gasteiger partial charge on any atom is 0.330 e. The lowest BCUT2D eigenvalue weighted by Gasteiger charge is -1.95. The standard InChI is InChI=1S/C11H11NO4/c1-2-16-11(13)7-6-9-4-3-5-10(8-9)12(14)15/h3-8H,2H2,1H3/b7-6+. The zero-order valence-corrected chi connectivity index (χ0v) is 8.75. The minimum atomic E-state index is -0.484. The molecule has 0 aliphatic rings. The third kappa shape index (κ3) is 3.53. The Morgan fingerprint density at radius 1 is 1.56 bits per heavy atom. The number of hydrogen-bond acceptors (Lipinski definition) is 4. The molecule has 0 aliphatic carbocycles. The molecule has 0 amide bonds. The van der Waals surface area contributed by atoms with E-state index in [2.05, 4.69) is 4.74 Å². The molecule has 0 saturated heterocycles. The average Bonchev–Trinajstić information content (AvgIpc) is 2.27. The van der Waals surface area contributed by atoms with Crippen molar-refractivity contribution in [3.05, 3.63) is 46.0 Å². The van der Waals surface area contributed by atoms with E-state index in [9.17, 15) is 14.9 Å². The molecule has 16 heavy (non-hydrogen) atoms. The molecule has 0 spiro atoms. The highest BCUT2D eigenvalue weighted by molar-refractivity contribution is 5.87. The van der Waals surface area contributed by atoms with Crippen molar-refractivity contribution in [2.45, 2.75) is 6.92 Å². The Balaban J connectivity index is 2.77. The van der Waals surface area contributed by atoms with Crippen molar-refractivity contribution < 1.29 is 14.5 Å². The Hall–Kier alpha value is -2.17. The molecular formula is C11H11NO4. The fraction of sp³-hybridized carbons (Fsp3) is 0.182. The van der Waals surface area contributed by atoms with Gasteiger partial charge in [0, 0.05) is 18.2 Å². The predicted octanol–water partition coefficient (Wildman–Crippen LogP) is 2.17. The van der Waals surface area contributed by atoms with Crippen LogP contribution in [0.2, 0.25) is 0 Å². The number of esters is 1. The average molecular weight is 221 g/mol. The van der Waals surface area contributed by atoms with Crippen LogP contribution >= 0.6 is 0 Å². The van der Waals surface area contributed by atoms with E-state index in [1.807, 2.05) is 0 Å². The molecule has 0 fully saturated rings. The van der Waals surface area contributed by atoms with Gasteiger partial charge in [-0.2, -0.15) is 0 Å². The van der Waals surface area contributed by atoms with E-state index in [4.69, 9.17) is 0 Å². The highest BCUT2D eigenvalue weighted by Crippen LogP contribution is 2.13. The Morgan fingerprint density at radius 3 is 2.94 bits per heavy atom. The summed E-state index contributed by atoms with van der Waals surface area (Å²) in [6.45, 7) is 2.01. The molecule has 0 atom stereocenters. The Bertz CT molecular complexity index is 426. The Kier molecular flexibility index (Phi) is 4.20. The molecule has 0 radical (unpaired) electrons. The van der Waals surface area contributed by atoms with Crippen LogP contribution in [-0.2, 0) is 9.53 Å². The van der Waals surface area contributed by atoms with E-state index in [1.165, 1.54) is 24.3 Å². The number of nitro groups is 1. The molecule has 5 nitrogen and oxygen atoms in total. The van der Waals surface area contributed by atoms with Crippen molar-refractivity contribution in [2.24, 2.45) is 0 Å². The van der Waals surface area contributed by atoms with Crippen LogP contribution in [-0.4, -0.2) is 17.5 Å². The van der Waals surface area contributed by atoms with Gasteiger partial charge < -0.3 is 4.74 Å². The summed E-state index contributed by atoms with van der Waals surface area (Å²) in [7, 11) is 0. The molecule has 0 aliphatic heterocycles. The molecular weight excluding hydrogens is 210 g/mol. The van der Waals surface area contributed by atoms with Crippen LogP contribution in [0.3, 0.4) is 0 Å². The van der Waals surface area contributed by atoms with Crippen molar-refractivity contribution in [3.63, 3.8) is 0 Å². The summed E-state index contributed by atoms with van der Waals surface area (Å²) < 4.78 is 4.68. The molecule has 1 rings (SSSR count). The van der Waals surface area contributed by atoms with Crippen LogP contribution in [0.4, 0.5) is 5.69 Å². The second-order valence-corrected chi connectivity index (χ2v) is 2.94. The minimum Gasteiger partial charge on any atom is -0.463 e. The first-order valence-electron chi connectivity index (χ1n) is 4.72. The summed E-state index contributed by atoms with van der Waals surface area (Å²) in [4.78, 5) is 21.0. The second kappa shape index (κ2) is 5.65. The molecule has 1 aromatic rings. The van der Waals surface area contributed by atoms with Crippen LogP contribution in [0.25, 0.3) is 6.08 Å². The number of rotatable bonds is 4. The third-order valence-electron chi connectivity index (χ3n) is 1.78. The van der Waals surface area contributed by atoms with Crippen molar-refractivity contribution in [2.75, 3.05) is 6.61 Å². The topological polar surface area (TPSA) is 69.4 Å². The second-order valence-electron chi connectivity index (χ2n) is 2.94. The van der Waals surface area contributed by atoms with Crippen molar-refractivity contribution >= 4 is 17.7 Å². The first-order chi connectivity index (χ1) is 7.63. The van der Waals surface area contributed by atoms with Gasteiger partial charge in [-0.25, -0.2) is 4.79 Å². The van der Waals surface area contributed by atoms with Gasteiger partial charge in [0.1, 0.15) is 0 Å². The van der Waals surface area contributed by atoms with Crippen LogP contribution in [0.15, 0.2) is 30.3 Å². The van der Waals surface area contributed by atoms with Crippen LogP contribution in [0.5, 0.6) is 0 Å². The molecule has 1 aromatic carbocycles. The normalized spacial score (nSPS) is 10.3. The van der Waals surface area contributed by atoms with Gasteiger partial charge in [-0.15, -0.1) is 0 Å². The molecule has 0 unspecified atom stereocenters. The molecule has 5 heteroatoms. The summed E-state index contributed by atoms with van der Waals surface area (Å²) >= 11 is 0. The molecule has 0 N–H and O–H groups in total. The number of nitrogens with zero attached hydrogens (tertiary/aromatic N) is 1. The maximum atomic E-state index is 11.0. The van der Waals surface area contributed by atoms with Gasteiger partial charge in [0.15, 0.2) is 0 Å². The van der Waals surface area contributed by atoms with Gasteiger partial charge in [-0.1, -0.05) is 12.1 Å². The number of hydrogen-bond donors (Lipinski definition) is 0. The van der Waals surface area contributed by atoms with E-state index in [-0.39, 0.29) is 5.69 Å². The summed E-state index contributed by atoms with van der Waals surface area (Å²) in [6.07, 6.45) is 2.72. The fourth-order valence-corrected chi connectivity index (χ4v) is 1.10. The quantitative estimate of drug-likeness (QED) is 0.338. The zero-order valence-electron chi connectivity index (χ0n) is 8.75. The van der Waals surface area contributed by atoms with Crippen molar-refractivity contribution in [1.82, 2.24) is 0 Å². The van der Waals surface area contributed by atoms with Gasteiger partial charge >= 0.3 is 5.97 Å². The van der Waals surface area contributed by atoms with Gasteiger partial charge in [0.25, 0.3) is 5.69 Å². The zero-order chi connectivity index (χ0) is 12.0. The summed E-state index contributed by atoms with van der Waals surface area (Å²) in [5.41, 5.74) is 0.577. The van der Waals surface area contributed by atoms with E-state index in [0.29, 0.717) is 12.2 Å². The van der Waals surface area contributed by atoms with Gasteiger partial charge in [-0.3, -0.25) is 10.1 Å². The van der Waals surface area contributed by atoms with E-state index < -0.39 is 10.9 Å². The number of benzene rings is 1. The van der Waals surface area contributed by atoms with Crippen LogP contribution in [0.1, 0.15) is 12.5 Å². The largest absolute Gasteiger partial charge is 0.463 e. The van der Waals surface area contributed by atoms with E-state index in [0.717, 1.165) is 0 Å². The fourth-order valence-electron chi connectivity index (χ4n) is 1.10. The lowest BCUT2D eigenvalue weighted by molar-refractivity contribution is -0.384. The summed E-state index contributed by atoms with van der Waals surface area (Å²) in [5, 5.41) is 10.5. The summed E-state index contributed by atoms with van der Waals surface area (Å²) in [6, 6.07) is 6.00. The molecule has 0 heterocycles. The smallest absolute Gasteiger partial charge is 0.330 e. The van der Waals surface area contributed by atoms with Crippen LogP contribution < -0.4 is 0 Å². The van der Waals surface area contributed by atoms with Crippen LogP contribution in [0, 0.1) is 10.1 Å². The van der Waals surface area contributed by atoms with Crippen molar-refractivity contribution in [3.8, 4) is 0 Å². The predicted molar refractivity (Wildman–Crippen MR) is 58.8 cm³/mol. The minimum absolute atomic E-state index is 0.00833. The van der Waals surface area contributed by atoms with Crippen molar-refractivity contribution in [1.29, 1.82) is 0 Å². The van der Waals surface area contributed by atoms with Gasteiger partial charge in [0.05, 0.1) is 11.5 Å². The number of ether oxygens (including phenoxy) is 1. The number of carbonyl (C=O) groups excluding carboxylic acids is 1.